The number of para-hydroxylation sites is 1. The lowest BCUT2D eigenvalue weighted by Crippen LogP contribution is -2.52. The van der Waals surface area contributed by atoms with Crippen LogP contribution in [0.4, 0.5) is 0 Å². The molecule has 0 amide bonds. The molecule has 3 unspecified atom stereocenters. The van der Waals surface area contributed by atoms with Crippen LogP contribution in [-0.4, -0.2) is 24.7 Å². The average Bonchev–Trinajstić information content (AvgIpc) is 2.22. The Balaban J connectivity index is 2.10. The van der Waals surface area contributed by atoms with Crippen molar-refractivity contribution in [1.29, 1.82) is 0 Å². The van der Waals surface area contributed by atoms with E-state index in [0.29, 0.717) is 0 Å². The number of alkyl halides is 1. The van der Waals surface area contributed by atoms with Crippen LogP contribution < -0.4 is 4.74 Å². The molecule has 1 aromatic carbocycles. The molecule has 0 saturated heterocycles. The Morgan fingerprint density at radius 3 is 2.44 bits per heavy atom. The highest BCUT2D eigenvalue weighted by molar-refractivity contribution is 9.11. The maximum Gasteiger partial charge on any atom is 0.148 e. The Morgan fingerprint density at radius 1 is 1.31 bits per heavy atom. The fraction of sp³-hybridized carbons (Fsp3) is 0.455. The van der Waals surface area contributed by atoms with E-state index in [9.17, 15) is 0 Å². The number of ether oxygens (including phenoxy) is 2. The second kappa shape index (κ2) is 5.25. The number of methoxy groups -OCH3 is 1. The van der Waals surface area contributed by atoms with E-state index in [1.54, 1.807) is 7.11 Å². The molecule has 0 radical (unpaired) electrons. The van der Waals surface area contributed by atoms with Gasteiger partial charge in [-0.3, -0.25) is 0 Å². The molecule has 88 valence electrons. The number of hydrogen-bond acceptors (Lipinski definition) is 2. The molecule has 1 fully saturated rings. The Morgan fingerprint density at radius 2 is 1.94 bits per heavy atom. The van der Waals surface area contributed by atoms with Crippen molar-refractivity contribution in [3.8, 4) is 5.75 Å². The van der Waals surface area contributed by atoms with Crippen LogP contribution >= 0.6 is 43.5 Å². The second-order valence-corrected chi connectivity index (χ2v) is 5.93. The standard InChI is InChI=1S/C11H11Br2ClO2/c1-15-11-8(14)5-9(11)16-10-6(12)3-2-4-7(10)13/h2-4,8-9,11H,5H2,1H3. The summed E-state index contributed by atoms with van der Waals surface area (Å²) in [6.45, 7) is 0. The molecule has 3 atom stereocenters. The first kappa shape index (κ1) is 12.7. The van der Waals surface area contributed by atoms with Gasteiger partial charge in [-0.2, -0.15) is 0 Å². The van der Waals surface area contributed by atoms with Crippen molar-refractivity contribution in [2.24, 2.45) is 0 Å². The Kier molecular flexibility index (Phi) is 4.16. The van der Waals surface area contributed by atoms with Gasteiger partial charge in [-0.05, 0) is 44.0 Å². The molecule has 2 rings (SSSR count). The summed E-state index contributed by atoms with van der Waals surface area (Å²) in [4.78, 5) is 0. The molecule has 0 aliphatic heterocycles. The highest BCUT2D eigenvalue weighted by atomic mass is 79.9. The molecule has 1 aromatic rings. The van der Waals surface area contributed by atoms with Crippen molar-refractivity contribution in [2.75, 3.05) is 7.11 Å². The summed E-state index contributed by atoms with van der Waals surface area (Å²) in [5, 5.41) is 0.0521. The van der Waals surface area contributed by atoms with Gasteiger partial charge in [-0.25, -0.2) is 0 Å². The molecular weight excluding hydrogens is 359 g/mol. The van der Waals surface area contributed by atoms with Gasteiger partial charge < -0.3 is 9.47 Å². The summed E-state index contributed by atoms with van der Waals surface area (Å²) in [5.41, 5.74) is 0. The van der Waals surface area contributed by atoms with E-state index in [2.05, 4.69) is 31.9 Å². The molecular formula is C11H11Br2ClO2. The molecule has 0 N–H and O–H groups in total. The van der Waals surface area contributed by atoms with E-state index in [0.717, 1.165) is 21.1 Å². The lowest BCUT2D eigenvalue weighted by molar-refractivity contribution is -0.0589. The third kappa shape index (κ3) is 2.40. The summed E-state index contributed by atoms with van der Waals surface area (Å²) in [5.74, 6) is 0.804. The molecule has 1 saturated carbocycles. The predicted molar refractivity (Wildman–Crippen MR) is 71.3 cm³/mol. The van der Waals surface area contributed by atoms with Crippen molar-refractivity contribution >= 4 is 43.5 Å². The van der Waals surface area contributed by atoms with E-state index >= 15 is 0 Å². The van der Waals surface area contributed by atoms with Crippen LogP contribution in [0.3, 0.4) is 0 Å². The Hall–Kier alpha value is 0.230. The summed E-state index contributed by atoms with van der Waals surface area (Å²) >= 11 is 12.9. The molecule has 2 nitrogen and oxygen atoms in total. The molecule has 1 aliphatic carbocycles. The molecule has 16 heavy (non-hydrogen) atoms. The van der Waals surface area contributed by atoms with Crippen LogP contribution in [0.2, 0.25) is 0 Å². The van der Waals surface area contributed by atoms with E-state index < -0.39 is 0 Å². The van der Waals surface area contributed by atoms with E-state index in [4.69, 9.17) is 21.1 Å². The van der Waals surface area contributed by atoms with Crippen LogP contribution in [0.5, 0.6) is 5.75 Å². The fourth-order valence-corrected chi connectivity index (χ4v) is 3.31. The van der Waals surface area contributed by atoms with E-state index in [1.807, 2.05) is 18.2 Å². The van der Waals surface area contributed by atoms with Gasteiger partial charge in [0.05, 0.1) is 14.3 Å². The van der Waals surface area contributed by atoms with Crippen LogP contribution in [0.25, 0.3) is 0 Å². The summed E-state index contributed by atoms with van der Waals surface area (Å²) in [6.07, 6.45) is 0.816. The summed E-state index contributed by atoms with van der Waals surface area (Å²) in [6, 6.07) is 5.83. The minimum absolute atomic E-state index is 0.0272. The van der Waals surface area contributed by atoms with Crippen LogP contribution in [0.15, 0.2) is 27.1 Å². The van der Waals surface area contributed by atoms with Gasteiger partial charge in [0.15, 0.2) is 0 Å². The average molecular weight is 370 g/mol. The number of halogens is 3. The molecule has 0 bridgehead atoms. The summed E-state index contributed by atoms with van der Waals surface area (Å²) < 4.78 is 13.0. The first-order chi connectivity index (χ1) is 7.63. The maximum absolute atomic E-state index is 6.03. The van der Waals surface area contributed by atoms with Gasteiger partial charge in [0, 0.05) is 13.5 Å². The van der Waals surface area contributed by atoms with Gasteiger partial charge in [-0.1, -0.05) is 6.07 Å². The molecule has 1 aliphatic rings. The maximum atomic E-state index is 6.03. The third-order valence-corrected chi connectivity index (χ3v) is 4.32. The predicted octanol–water partition coefficient (Wildman–Crippen LogP) is 3.99. The van der Waals surface area contributed by atoms with Crippen molar-refractivity contribution in [3.63, 3.8) is 0 Å². The first-order valence-corrected chi connectivity index (χ1v) is 6.93. The van der Waals surface area contributed by atoms with Crippen molar-refractivity contribution in [1.82, 2.24) is 0 Å². The zero-order valence-electron chi connectivity index (χ0n) is 8.62. The third-order valence-electron chi connectivity index (χ3n) is 2.64. The van der Waals surface area contributed by atoms with Gasteiger partial charge in [0.25, 0.3) is 0 Å². The molecule has 0 spiro atoms. The van der Waals surface area contributed by atoms with Crippen LogP contribution in [-0.2, 0) is 4.74 Å². The normalized spacial score (nSPS) is 28.6. The molecule has 0 aromatic heterocycles. The second-order valence-electron chi connectivity index (χ2n) is 3.66. The number of benzene rings is 1. The fourth-order valence-electron chi connectivity index (χ4n) is 1.69. The topological polar surface area (TPSA) is 18.5 Å². The molecule has 5 heteroatoms. The Bertz CT molecular complexity index is 366. The minimum atomic E-state index is -0.0272. The smallest absolute Gasteiger partial charge is 0.148 e. The molecule has 0 heterocycles. The first-order valence-electron chi connectivity index (χ1n) is 4.91. The Labute approximate surface area is 117 Å². The summed E-state index contributed by atoms with van der Waals surface area (Å²) in [7, 11) is 1.66. The lowest BCUT2D eigenvalue weighted by atomic mass is 9.91. The lowest BCUT2D eigenvalue weighted by Gasteiger charge is -2.40. The SMILES string of the molecule is COC1C(Cl)CC1Oc1c(Br)cccc1Br. The monoisotopic (exact) mass is 368 g/mol. The van der Waals surface area contributed by atoms with E-state index in [1.165, 1.54) is 0 Å². The van der Waals surface area contributed by atoms with Crippen molar-refractivity contribution < 1.29 is 9.47 Å². The van der Waals surface area contributed by atoms with Crippen LogP contribution in [0, 0.1) is 0 Å². The zero-order chi connectivity index (χ0) is 11.7. The largest absolute Gasteiger partial charge is 0.485 e. The highest BCUT2D eigenvalue weighted by Gasteiger charge is 2.42. The highest BCUT2D eigenvalue weighted by Crippen LogP contribution is 2.38. The van der Waals surface area contributed by atoms with Gasteiger partial charge in [0.2, 0.25) is 0 Å². The quantitative estimate of drug-likeness (QED) is 0.749. The van der Waals surface area contributed by atoms with Crippen molar-refractivity contribution in [3.05, 3.63) is 27.1 Å². The van der Waals surface area contributed by atoms with Crippen molar-refractivity contribution in [2.45, 2.75) is 24.0 Å². The number of hydrogen-bond donors (Lipinski definition) is 0. The minimum Gasteiger partial charge on any atom is -0.485 e. The number of rotatable bonds is 3. The van der Waals surface area contributed by atoms with Gasteiger partial charge in [0.1, 0.15) is 18.0 Å². The zero-order valence-corrected chi connectivity index (χ0v) is 12.5. The van der Waals surface area contributed by atoms with E-state index in [-0.39, 0.29) is 17.6 Å². The van der Waals surface area contributed by atoms with Gasteiger partial charge >= 0.3 is 0 Å². The van der Waals surface area contributed by atoms with Crippen LogP contribution in [0.1, 0.15) is 6.42 Å². The van der Waals surface area contributed by atoms with Gasteiger partial charge in [-0.15, -0.1) is 11.6 Å².